The molecule has 0 amide bonds. The lowest BCUT2D eigenvalue weighted by Crippen LogP contribution is -2.17. The first-order valence-corrected chi connectivity index (χ1v) is 7.42. The van der Waals surface area contributed by atoms with Gasteiger partial charge >= 0.3 is 0 Å². The Hall–Kier alpha value is -1.75. The minimum absolute atomic E-state index is 0.621. The van der Waals surface area contributed by atoms with E-state index in [-0.39, 0.29) is 0 Å². The molecule has 19 heavy (non-hydrogen) atoms. The number of hydrogen-bond donors (Lipinski definition) is 1. The highest BCUT2D eigenvalue weighted by atomic mass is 32.2. The van der Waals surface area contributed by atoms with Crippen molar-refractivity contribution in [2.24, 2.45) is 0 Å². The van der Waals surface area contributed by atoms with Crippen LogP contribution in [0.4, 0.5) is 0 Å². The Morgan fingerprint density at radius 1 is 1.16 bits per heavy atom. The van der Waals surface area contributed by atoms with Crippen LogP contribution in [-0.2, 0) is 6.54 Å². The monoisotopic (exact) mass is 276 g/mol. The van der Waals surface area contributed by atoms with Crippen molar-refractivity contribution in [2.75, 3.05) is 24.9 Å². The van der Waals surface area contributed by atoms with Gasteiger partial charge in [-0.05, 0) is 36.1 Å². The fourth-order valence-electron chi connectivity index (χ4n) is 2.06. The summed E-state index contributed by atoms with van der Waals surface area (Å²) in [5, 5.41) is 0. The third-order valence-electron chi connectivity index (χ3n) is 3.00. The highest BCUT2D eigenvalue weighted by Crippen LogP contribution is 2.36. The van der Waals surface area contributed by atoms with E-state index in [1.807, 2.05) is 29.2 Å². The molecule has 4 nitrogen and oxygen atoms in total. The number of nitrogens with one attached hydrogen (secondary N) is 1. The SMILES string of the molecule is CSc1cc2c(cc1CNn1cccc1)OCCO2. The maximum absolute atomic E-state index is 5.63. The van der Waals surface area contributed by atoms with Gasteiger partial charge in [-0.25, -0.2) is 0 Å². The minimum Gasteiger partial charge on any atom is -0.486 e. The van der Waals surface area contributed by atoms with Gasteiger partial charge in [-0.3, -0.25) is 4.68 Å². The van der Waals surface area contributed by atoms with Crippen molar-refractivity contribution in [3.8, 4) is 11.5 Å². The fraction of sp³-hybridized carbons (Fsp3) is 0.286. The van der Waals surface area contributed by atoms with Gasteiger partial charge in [0.1, 0.15) is 13.2 Å². The second-order valence-electron chi connectivity index (χ2n) is 4.23. The number of hydrogen-bond acceptors (Lipinski definition) is 4. The average Bonchev–Trinajstić information content (AvgIpc) is 2.97. The molecule has 0 fully saturated rings. The van der Waals surface area contributed by atoms with Gasteiger partial charge in [-0.2, -0.15) is 0 Å². The van der Waals surface area contributed by atoms with Crippen molar-refractivity contribution < 1.29 is 9.47 Å². The summed E-state index contributed by atoms with van der Waals surface area (Å²) in [6, 6.07) is 8.11. The second-order valence-corrected chi connectivity index (χ2v) is 5.08. The van der Waals surface area contributed by atoms with Gasteiger partial charge in [-0.1, -0.05) is 0 Å². The van der Waals surface area contributed by atoms with Crippen LogP contribution in [0.5, 0.6) is 11.5 Å². The summed E-state index contributed by atoms with van der Waals surface area (Å²) in [5.74, 6) is 1.69. The van der Waals surface area contributed by atoms with E-state index < -0.39 is 0 Å². The molecule has 1 aliphatic heterocycles. The predicted octanol–water partition coefficient (Wildman–Crippen LogP) is 2.72. The number of rotatable bonds is 4. The van der Waals surface area contributed by atoms with Crippen LogP contribution < -0.4 is 14.9 Å². The molecule has 0 spiro atoms. The Labute approximate surface area is 116 Å². The van der Waals surface area contributed by atoms with Crippen LogP contribution in [0.1, 0.15) is 5.56 Å². The third kappa shape index (κ3) is 2.66. The molecule has 0 atom stereocenters. The van der Waals surface area contributed by atoms with Crippen LogP contribution in [0, 0.1) is 0 Å². The summed E-state index contributed by atoms with van der Waals surface area (Å²) < 4.78 is 13.2. The molecule has 0 unspecified atom stereocenters. The number of nitrogens with zero attached hydrogens (tertiary/aromatic N) is 1. The summed E-state index contributed by atoms with van der Waals surface area (Å²) in [6.45, 7) is 2.00. The standard InChI is InChI=1S/C14H16N2O2S/c1-19-14-9-13-12(17-6-7-18-13)8-11(14)10-15-16-4-2-3-5-16/h2-5,8-9,15H,6-7,10H2,1H3. The van der Waals surface area contributed by atoms with Crippen LogP contribution in [0.3, 0.4) is 0 Å². The van der Waals surface area contributed by atoms with Gasteiger partial charge in [0, 0.05) is 17.3 Å². The number of ether oxygens (including phenoxy) is 2. The largest absolute Gasteiger partial charge is 0.486 e. The molecule has 0 saturated carbocycles. The molecule has 1 aromatic heterocycles. The third-order valence-corrected chi connectivity index (χ3v) is 3.82. The molecule has 3 rings (SSSR count). The zero-order valence-electron chi connectivity index (χ0n) is 10.8. The summed E-state index contributed by atoms with van der Waals surface area (Å²) >= 11 is 1.72. The molecule has 2 aromatic rings. The number of thioether (sulfide) groups is 1. The Kier molecular flexibility index (Phi) is 3.55. The average molecular weight is 276 g/mol. The number of aromatic nitrogens is 1. The van der Waals surface area contributed by atoms with Crippen LogP contribution in [-0.4, -0.2) is 24.1 Å². The van der Waals surface area contributed by atoms with Gasteiger partial charge < -0.3 is 14.9 Å². The first-order valence-electron chi connectivity index (χ1n) is 6.20. The maximum Gasteiger partial charge on any atom is 0.162 e. The highest BCUT2D eigenvalue weighted by molar-refractivity contribution is 7.98. The van der Waals surface area contributed by atoms with Crippen LogP contribution in [0.15, 0.2) is 41.6 Å². The molecule has 0 radical (unpaired) electrons. The number of fused-ring (bicyclic) bond motifs is 1. The van der Waals surface area contributed by atoms with Crippen LogP contribution in [0.25, 0.3) is 0 Å². The quantitative estimate of drug-likeness (QED) is 0.871. The Balaban J connectivity index is 1.82. The second kappa shape index (κ2) is 5.48. The summed E-state index contributed by atoms with van der Waals surface area (Å²) in [5.41, 5.74) is 4.54. The molecule has 2 heterocycles. The molecule has 0 aliphatic carbocycles. The van der Waals surface area contributed by atoms with Gasteiger partial charge in [0.05, 0.1) is 6.54 Å². The lowest BCUT2D eigenvalue weighted by molar-refractivity contribution is 0.171. The van der Waals surface area contributed by atoms with Gasteiger partial charge in [0.2, 0.25) is 0 Å². The molecule has 0 bridgehead atoms. The molecule has 5 heteroatoms. The van der Waals surface area contributed by atoms with Crippen molar-refractivity contribution in [1.82, 2.24) is 4.68 Å². The molecular formula is C14H16N2O2S. The van der Waals surface area contributed by atoms with Crippen molar-refractivity contribution >= 4 is 11.8 Å². The van der Waals surface area contributed by atoms with E-state index in [2.05, 4.69) is 23.8 Å². The predicted molar refractivity (Wildman–Crippen MR) is 76.7 cm³/mol. The lowest BCUT2D eigenvalue weighted by Gasteiger charge is -2.21. The van der Waals surface area contributed by atoms with Crippen molar-refractivity contribution in [1.29, 1.82) is 0 Å². The van der Waals surface area contributed by atoms with Crippen molar-refractivity contribution in [3.63, 3.8) is 0 Å². The molecule has 0 saturated heterocycles. The van der Waals surface area contributed by atoms with Crippen LogP contribution in [0.2, 0.25) is 0 Å². The first-order chi connectivity index (χ1) is 9.36. The zero-order valence-corrected chi connectivity index (χ0v) is 11.6. The van der Waals surface area contributed by atoms with Gasteiger partial charge in [0.15, 0.2) is 11.5 Å². The minimum atomic E-state index is 0.621. The molecule has 1 aliphatic rings. The normalized spacial score (nSPS) is 13.3. The Morgan fingerprint density at radius 2 is 1.84 bits per heavy atom. The first kappa shape index (κ1) is 12.3. The number of benzene rings is 1. The maximum atomic E-state index is 5.63. The van der Waals surface area contributed by atoms with E-state index >= 15 is 0 Å². The summed E-state index contributed by atoms with van der Waals surface area (Å²) in [4.78, 5) is 1.21. The van der Waals surface area contributed by atoms with E-state index in [0.717, 1.165) is 18.0 Å². The van der Waals surface area contributed by atoms with Crippen molar-refractivity contribution in [3.05, 3.63) is 42.2 Å². The van der Waals surface area contributed by atoms with Crippen LogP contribution >= 0.6 is 11.8 Å². The highest BCUT2D eigenvalue weighted by Gasteiger charge is 2.15. The molecule has 1 N–H and O–H groups in total. The Morgan fingerprint density at radius 3 is 2.53 bits per heavy atom. The Bertz CT molecular complexity index is 555. The molecule has 1 aromatic carbocycles. The van der Waals surface area contributed by atoms with E-state index in [9.17, 15) is 0 Å². The van der Waals surface area contributed by atoms with E-state index in [1.165, 1.54) is 10.5 Å². The summed E-state index contributed by atoms with van der Waals surface area (Å²) in [7, 11) is 0. The molecule has 100 valence electrons. The van der Waals surface area contributed by atoms with E-state index in [4.69, 9.17) is 9.47 Å². The fourth-order valence-corrected chi connectivity index (χ4v) is 2.67. The van der Waals surface area contributed by atoms with E-state index in [1.54, 1.807) is 11.8 Å². The summed E-state index contributed by atoms with van der Waals surface area (Å²) in [6.07, 6.45) is 6.04. The lowest BCUT2D eigenvalue weighted by atomic mass is 10.2. The van der Waals surface area contributed by atoms with Gasteiger partial charge in [-0.15, -0.1) is 11.8 Å². The van der Waals surface area contributed by atoms with E-state index in [0.29, 0.717) is 13.2 Å². The zero-order chi connectivity index (χ0) is 13.1. The topological polar surface area (TPSA) is 35.4 Å². The van der Waals surface area contributed by atoms with Crippen molar-refractivity contribution in [2.45, 2.75) is 11.4 Å². The smallest absolute Gasteiger partial charge is 0.162 e. The molecular weight excluding hydrogens is 260 g/mol. The van der Waals surface area contributed by atoms with Gasteiger partial charge in [0.25, 0.3) is 0 Å².